The van der Waals surface area contributed by atoms with Gasteiger partial charge in [0.05, 0.1) is 21.3 Å². The highest BCUT2D eigenvalue weighted by Crippen LogP contribution is 2.26. The summed E-state index contributed by atoms with van der Waals surface area (Å²) < 4.78 is 6.97. The lowest BCUT2D eigenvalue weighted by molar-refractivity contribution is -0.127. The predicted octanol–water partition coefficient (Wildman–Crippen LogP) is 2.88. The van der Waals surface area contributed by atoms with E-state index in [0.717, 1.165) is 42.8 Å². The van der Waals surface area contributed by atoms with E-state index in [-0.39, 0.29) is 24.0 Å². The quantitative estimate of drug-likeness (QED) is 0.795. The number of hydrogen-bond donors (Lipinski definition) is 2. The van der Waals surface area contributed by atoms with E-state index < -0.39 is 0 Å². The lowest BCUT2D eigenvalue weighted by atomic mass is 9.83. The number of aromatic nitrogens is 1. The van der Waals surface area contributed by atoms with E-state index >= 15 is 0 Å². The molecule has 6 heteroatoms. The molecule has 1 amide bonds. The molecule has 3 N–H and O–H groups in total. The van der Waals surface area contributed by atoms with Crippen LogP contribution in [-0.2, 0) is 16.0 Å². The van der Waals surface area contributed by atoms with Gasteiger partial charge in [-0.05, 0) is 37.8 Å². The Bertz CT molecular complexity index is 670. The van der Waals surface area contributed by atoms with Crippen molar-refractivity contribution in [1.82, 2.24) is 10.3 Å². The number of nitrogens with two attached hydrogens (primary N) is 1. The number of ether oxygens (including phenoxy) is 1. The average molecular weight is 362 g/mol. The van der Waals surface area contributed by atoms with Crippen LogP contribution in [0.4, 0.5) is 0 Å². The highest BCUT2D eigenvalue weighted by Gasteiger charge is 2.32. The van der Waals surface area contributed by atoms with Crippen molar-refractivity contribution >= 4 is 27.5 Å². The van der Waals surface area contributed by atoms with E-state index in [9.17, 15) is 4.79 Å². The molecule has 1 fully saturated rings. The first kappa shape index (κ1) is 18.3. The zero-order chi connectivity index (χ0) is 17.6. The second kappa shape index (κ2) is 8.74. The van der Waals surface area contributed by atoms with Gasteiger partial charge < -0.3 is 15.8 Å². The Kier molecular flexibility index (Phi) is 6.39. The minimum Gasteiger partial charge on any atom is -0.377 e. The number of thiazole rings is 1. The summed E-state index contributed by atoms with van der Waals surface area (Å²) >= 11 is 1.69. The van der Waals surface area contributed by atoms with Gasteiger partial charge in [-0.1, -0.05) is 19.1 Å². The molecule has 3 rings (SSSR count). The first-order valence-electron chi connectivity index (χ1n) is 9.16. The molecule has 0 aliphatic heterocycles. The lowest BCUT2D eigenvalue weighted by Gasteiger charge is -2.33. The number of para-hydroxylation sites is 1. The Morgan fingerprint density at radius 1 is 1.40 bits per heavy atom. The Morgan fingerprint density at radius 2 is 2.24 bits per heavy atom. The summed E-state index contributed by atoms with van der Waals surface area (Å²) in [5, 5.41) is 4.12. The zero-order valence-corrected chi connectivity index (χ0v) is 15.6. The molecule has 1 aromatic carbocycles. The number of benzene rings is 1. The molecule has 25 heavy (non-hydrogen) atoms. The molecule has 3 atom stereocenters. The van der Waals surface area contributed by atoms with Crippen molar-refractivity contribution in [1.29, 1.82) is 0 Å². The number of fused-ring (bicyclic) bond motifs is 1. The summed E-state index contributed by atoms with van der Waals surface area (Å²) in [4.78, 5) is 17.0. The minimum atomic E-state index is -0.0414. The van der Waals surface area contributed by atoms with E-state index in [1.54, 1.807) is 11.3 Å². The van der Waals surface area contributed by atoms with Crippen molar-refractivity contribution in [3.05, 3.63) is 29.3 Å². The van der Waals surface area contributed by atoms with Crippen molar-refractivity contribution in [3.63, 3.8) is 0 Å². The van der Waals surface area contributed by atoms with Crippen LogP contribution in [0.2, 0.25) is 0 Å². The summed E-state index contributed by atoms with van der Waals surface area (Å²) in [7, 11) is 0. The maximum atomic E-state index is 12.4. The van der Waals surface area contributed by atoms with Crippen LogP contribution in [0.15, 0.2) is 24.3 Å². The maximum Gasteiger partial charge on any atom is 0.223 e. The molecule has 0 unspecified atom stereocenters. The van der Waals surface area contributed by atoms with E-state index in [1.807, 2.05) is 18.2 Å². The SMILES string of the molecule is CCCO[C@@H]1CC[C@H](C(=O)NCCc2nc3ccccc3s2)C[C@H]1N. The van der Waals surface area contributed by atoms with Crippen LogP contribution in [0.25, 0.3) is 10.2 Å². The average Bonchev–Trinajstić information content (AvgIpc) is 3.03. The second-order valence-corrected chi connectivity index (χ2v) is 7.81. The predicted molar refractivity (Wildman–Crippen MR) is 102 cm³/mol. The smallest absolute Gasteiger partial charge is 0.223 e. The standard InChI is InChI=1S/C19H27N3O2S/c1-2-11-24-16-8-7-13(12-14(16)20)19(23)21-10-9-18-22-15-5-3-4-6-17(15)25-18/h3-6,13-14,16H,2,7-12,20H2,1H3,(H,21,23)/t13-,14+,16+/m0/s1. The maximum absolute atomic E-state index is 12.4. The molecule has 1 heterocycles. The van der Waals surface area contributed by atoms with E-state index in [2.05, 4.69) is 23.3 Å². The van der Waals surface area contributed by atoms with Crippen LogP contribution < -0.4 is 11.1 Å². The molecule has 0 radical (unpaired) electrons. The number of carbonyl (C=O) groups is 1. The van der Waals surface area contributed by atoms with Gasteiger partial charge in [-0.3, -0.25) is 4.79 Å². The van der Waals surface area contributed by atoms with Gasteiger partial charge in [-0.15, -0.1) is 11.3 Å². The van der Waals surface area contributed by atoms with Crippen molar-refractivity contribution in [3.8, 4) is 0 Å². The third kappa shape index (κ3) is 4.77. The topological polar surface area (TPSA) is 77.2 Å². The molecule has 0 bridgehead atoms. The number of carbonyl (C=O) groups excluding carboxylic acids is 1. The molecule has 0 saturated heterocycles. The number of amides is 1. The van der Waals surface area contributed by atoms with E-state index in [1.165, 1.54) is 4.70 Å². The van der Waals surface area contributed by atoms with Gasteiger partial charge in [0.15, 0.2) is 0 Å². The molecule has 1 aliphatic rings. The summed E-state index contributed by atoms with van der Waals surface area (Å²) in [5.41, 5.74) is 7.23. The number of nitrogens with one attached hydrogen (secondary N) is 1. The van der Waals surface area contributed by atoms with Crippen molar-refractivity contribution in [2.24, 2.45) is 11.7 Å². The summed E-state index contributed by atoms with van der Waals surface area (Å²) in [6.45, 7) is 3.47. The summed E-state index contributed by atoms with van der Waals surface area (Å²) in [6, 6.07) is 8.08. The van der Waals surface area contributed by atoms with Gasteiger partial charge >= 0.3 is 0 Å². The van der Waals surface area contributed by atoms with E-state index in [4.69, 9.17) is 10.5 Å². The molecular formula is C19H27N3O2S. The highest BCUT2D eigenvalue weighted by molar-refractivity contribution is 7.18. The van der Waals surface area contributed by atoms with Crippen LogP contribution in [0.1, 0.15) is 37.6 Å². The molecule has 1 saturated carbocycles. The number of nitrogens with zero attached hydrogens (tertiary/aromatic N) is 1. The normalized spacial score (nSPS) is 23.7. The minimum absolute atomic E-state index is 0.00634. The zero-order valence-electron chi connectivity index (χ0n) is 14.7. The van der Waals surface area contributed by atoms with Crippen molar-refractivity contribution in [2.75, 3.05) is 13.2 Å². The third-order valence-corrected chi connectivity index (χ3v) is 5.81. The fourth-order valence-electron chi connectivity index (χ4n) is 3.36. The Balaban J connectivity index is 1.43. The molecular weight excluding hydrogens is 334 g/mol. The van der Waals surface area contributed by atoms with Gasteiger partial charge in [0.25, 0.3) is 0 Å². The van der Waals surface area contributed by atoms with Crippen LogP contribution in [0.3, 0.4) is 0 Å². The Morgan fingerprint density at radius 3 is 3.00 bits per heavy atom. The molecule has 136 valence electrons. The van der Waals surface area contributed by atoms with Gasteiger partial charge in [0.1, 0.15) is 0 Å². The lowest BCUT2D eigenvalue weighted by Crippen LogP contribution is -2.46. The highest BCUT2D eigenvalue weighted by atomic mass is 32.1. The van der Waals surface area contributed by atoms with Gasteiger partial charge in [0, 0.05) is 31.5 Å². The van der Waals surface area contributed by atoms with Crippen LogP contribution in [0, 0.1) is 5.92 Å². The molecule has 5 nitrogen and oxygen atoms in total. The van der Waals surface area contributed by atoms with Crippen molar-refractivity contribution < 1.29 is 9.53 Å². The van der Waals surface area contributed by atoms with Crippen LogP contribution >= 0.6 is 11.3 Å². The van der Waals surface area contributed by atoms with E-state index in [0.29, 0.717) is 13.0 Å². The monoisotopic (exact) mass is 361 g/mol. The first-order chi connectivity index (χ1) is 12.2. The fourth-order valence-corrected chi connectivity index (χ4v) is 4.32. The van der Waals surface area contributed by atoms with Crippen LogP contribution in [-0.4, -0.2) is 36.2 Å². The van der Waals surface area contributed by atoms with Crippen molar-refractivity contribution in [2.45, 2.75) is 51.2 Å². The Hall–Kier alpha value is -1.50. The molecule has 2 aromatic rings. The van der Waals surface area contributed by atoms with Gasteiger partial charge in [0.2, 0.25) is 5.91 Å². The summed E-state index contributed by atoms with van der Waals surface area (Å²) in [6.07, 6.45) is 4.31. The molecule has 0 spiro atoms. The van der Waals surface area contributed by atoms with Gasteiger partial charge in [-0.2, -0.15) is 0 Å². The number of rotatable bonds is 7. The molecule has 1 aromatic heterocycles. The molecule has 1 aliphatic carbocycles. The van der Waals surface area contributed by atoms with Crippen LogP contribution in [0.5, 0.6) is 0 Å². The second-order valence-electron chi connectivity index (χ2n) is 6.70. The van der Waals surface area contributed by atoms with Gasteiger partial charge in [-0.25, -0.2) is 4.98 Å². The fraction of sp³-hybridized carbons (Fsp3) is 0.579. The largest absolute Gasteiger partial charge is 0.377 e. The first-order valence-corrected chi connectivity index (χ1v) is 9.98. The summed E-state index contributed by atoms with van der Waals surface area (Å²) in [5.74, 6) is 0.123. The third-order valence-electron chi connectivity index (χ3n) is 4.72. The Labute approximate surface area is 153 Å². The number of hydrogen-bond acceptors (Lipinski definition) is 5.